The molecular formula is C15H18N2O. The number of nitrogens with one attached hydrogen (secondary N) is 1. The minimum absolute atomic E-state index is 0.131. The molecule has 1 fully saturated rings. The molecule has 0 radical (unpaired) electrons. The second kappa shape index (κ2) is 6.20. The first-order valence-corrected chi connectivity index (χ1v) is 6.51. The number of nitrogens with zero attached hydrogens (tertiary/aromatic N) is 1. The molecule has 18 heavy (non-hydrogen) atoms. The fraction of sp³-hybridized carbons (Fsp3) is 0.467. The van der Waals surface area contributed by atoms with Crippen molar-refractivity contribution in [2.24, 2.45) is 11.8 Å². The van der Waals surface area contributed by atoms with Crippen LogP contribution in [0.1, 0.15) is 24.8 Å². The van der Waals surface area contributed by atoms with Crippen molar-refractivity contribution in [1.29, 1.82) is 5.26 Å². The molecule has 94 valence electrons. The maximum Gasteiger partial charge on any atom is 0.237 e. The third-order valence-electron chi connectivity index (χ3n) is 3.54. The summed E-state index contributed by atoms with van der Waals surface area (Å²) < 4.78 is 0. The lowest BCUT2D eigenvalue weighted by Gasteiger charge is -2.25. The van der Waals surface area contributed by atoms with Crippen LogP contribution in [0, 0.1) is 23.2 Å². The van der Waals surface area contributed by atoms with Crippen LogP contribution >= 0.6 is 0 Å². The Morgan fingerprint density at radius 2 is 2.11 bits per heavy atom. The Balaban J connectivity index is 1.84. The zero-order valence-corrected chi connectivity index (χ0v) is 10.4. The first-order chi connectivity index (χ1) is 8.79. The monoisotopic (exact) mass is 242 g/mol. The van der Waals surface area contributed by atoms with Crippen molar-refractivity contribution in [3.05, 3.63) is 35.9 Å². The molecule has 3 nitrogen and oxygen atoms in total. The summed E-state index contributed by atoms with van der Waals surface area (Å²) in [5.41, 5.74) is 1.03. The Morgan fingerprint density at radius 1 is 1.39 bits per heavy atom. The number of rotatable bonds is 5. The van der Waals surface area contributed by atoms with Crippen LogP contribution in [0.4, 0.5) is 0 Å². The highest BCUT2D eigenvalue weighted by atomic mass is 16.1. The number of hydrogen-bond donors (Lipinski definition) is 1. The van der Waals surface area contributed by atoms with Gasteiger partial charge in [0.15, 0.2) is 0 Å². The summed E-state index contributed by atoms with van der Waals surface area (Å²) in [5.74, 6) is -0.0780. The van der Waals surface area contributed by atoms with Crippen LogP contribution in [0.5, 0.6) is 0 Å². The first-order valence-electron chi connectivity index (χ1n) is 6.51. The summed E-state index contributed by atoms with van der Waals surface area (Å²) in [4.78, 5) is 11.9. The number of carbonyl (C=O) groups excluding carboxylic acids is 1. The zero-order chi connectivity index (χ0) is 12.8. The number of carbonyl (C=O) groups is 1. The van der Waals surface area contributed by atoms with Gasteiger partial charge >= 0.3 is 0 Å². The van der Waals surface area contributed by atoms with E-state index in [1.165, 1.54) is 19.3 Å². The predicted octanol–water partition coefficient (Wildman–Crippen LogP) is 2.29. The molecule has 1 saturated carbocycles. The van der Waals surface area contributed by atoms with Gasteiger partial charge in [-0.05, 0) is 30.7 Å². The van der Waals surface area contributed by atoms with Crippen molar-refractivity contribution in [3.63, 3.8) is 0 Å². The highest BCUT2D eigenvalue weighted by molar-refractivity contribution is 5.81. The van der Waals surface area contributed by atoms with E-state index < -0.39 is 5.92 Å². The van der Waals surface area contributed by atoms with E-state index in [-0.39, 0.29) is 5.91 Å². The van der Waals surface area contributed by atoms with E-state index in [4.69, 9.17) is 5.26 Å². The summed E-state index contributed by atoms with van der Waals surface area (Å²) in [5, 5.41) is 12.0. The molecule has 0 aliphatic heterocycles. The lowest BCUT2D eigenvalue weighted by atomic mass is 9.85. The number of hydrogen-bond acceptors (Lipinski definition) is 2. The molecule has 1 aliphatic rings. The van der Waals surface area contributed by atoms with Gasteiger partial charge in [0.2, 0.25) is 5.91 Å². The van der Waals surface area contributed by atoms with Crippen LogP contribution in [0.2, 0.25) is 0 Å². The molecule has 1 unspecified atom stereocenters. The normalized spacial score (nSPS) is 16.4. The molecule has 1 aromatic carbocycles. The van der Waals surface area contributed by atoms with Crippen molar-refractivity contribution >= 4 is 5.91 Å². The molecule has 0 spiro atoms. The lowest BCUT2D eigenvalue weighted by molar-refractivity contribution is -0.123. The van der Waals surface area contributed by atoms with Crippen molar-refractivity contribution in [2.75, 3.05) is 6.54 Å². The highest BCUT2D eigenvalue weighted by Gasteiger charge is 2.22. The van der Waals surface area contributed by atoms with Crippen LogP contribution in [0.3, 0.4) is 0 Å². The maximum absolute atomic E-state index is 11.9. The molecule has 1 amide bonds. The Labute approximate surface area is 108 Å². The van der Waals surface area contributed by atoms with Gasteiger partial charge in [0.05, 0.1) is 6.07 Å². The van der Waals surface area contributed by atoms with E-state index in [1.807, 2.05) is 30.3 Å². The van der Waals surface area contributed by atoms with Gasteiger partial charge in [-0.2, -0.15) is 5.26 Å². The molecule has 0 aromatic heterocycles. The van der Waals surface area contributed by atoms with Crippen molar-refractivity contribution < 1.29 is 4.79 Å². The third-order valence-corrected chi connectivity index (χ3v) is 3.54. The highest BCUT2D eigenvalue weighted by Crippen LogP contribution is 2.25. The third kappa shape index (κ3) is 3.33. The number of benzene rings is 1. The van der Waals surface area contributed by atoms with Crippen LogP contribution in [-0.2, 0) is 11.2 Å². The van der Waals surface area contributed by atoms with Crippen LogP contribution in [-0.4, -0.2) is 12.5 Å². The second-order valence-electron chi connectivity index (χ2n) is 4.91. The van der Waals surface area contributed by atoms with Crippen molar-refractivity contribution in [2.45, 2.75) is 25.7 Å². The molecule has 0 bridgehead atoms. The number of amides is 1. The van der Waals surface area contributed by atoms with E-state index in [2.05, 4.69) is 11.4 Å². The zero-order valence-electron chi connectivity index (χ0n) is 10.4. The molecule has 0 saturated heterocycles. The first kappa shape index (κ1) is 12.6. The molecule has 1 aliphatic carbocycles. The largest absolute Gasteiger partial charge is 0.355 e. The summed E-state index contributed by atoms with van der Waals surface area (Å²) in [7, 11) is 0. The SMILES string of the molecule is N#CC(Cc1ccccc1)C(=O)NCC1CCC1. The molecule has 2 rings (SSSR count). The molecule has 3 heteroatoms. The minimum atomic E-state index is -0.576. The average Bonchev–Trinajstić information content (AvgIpc) is 2.35. The van der Waals surface area contributed by atoms with E-state index in [0.717, 1.165) is 12.1 Å². The molecule has 1 aromatic rings. The second-order valence-corrected chi connectivity index (χ2v) is 4.91. The number of nitriles is 1. The lowest BCUT2D eigenvalue weighted by Crippen LogP contribution is -2.36. The van der Waals surface area contributed by atoms with E-state index >= 15 is 0 Å². The fourth-order valence-corrected chi connectivity index (χ4v) is 2.11. The van der Waals surface area contributed by atoms with Crippen molar-refractivity contribution in [1.82, 2.24) is 5.32 Å². The summed E-state index contributed by atoms with van der Waals surface area (Å²) in [6.45, 7) is 0.728. The molecule has 1 N–H and O–H groups in total. The average molecular weight is 242 g/mol. The van der Waals surface area contributed by atoms with Gasteiger partial charge in [-0.15, -0.1) is 0 Å². The fourth-order valence-electron chi connectivity index (χ4n) is 2.11. The Kier molecular flexibility index (Phi) is 4.35. The summed E-state index contributed by atoms with van der Waals surface area (Å²) in [6, 6.07) is 11.8. The van der Waals surface area contributed by atoms with Crippen molar-refractivity contribution in [3.8, 4) is 6.07 Å². The van der Waals surface area contributed by atoms with E-state index in [0.29, 0.717) is 12.3 Å². The smallest absolute Gasteiger partial charge is 0.237 e. The van der Waals surface area contributed by atoms with E-state index in [9.17, 15) is 4.79 Å². The van der Waals surface area contributed by atoms with Crippen LogP contribution in [0.15, 0.2) is 30.3 Å². The van der Waals surface area contributed by atoms with Crippen LogP contribution in [0.25, 0.3) is 0 Å². The van der Waals surface area contributed by atoms with Gasteiger partial charge in [0, 0.05) is 6.54 Å². The summed E-state index contributed by atoms with van der Waals surface area (Å²) in [6.07, 6.45) is 4.17. The van der Waals surface area contributed by atoms with Gasteiger partial charge < -0.3 is 5.32 Å². The van der Waals surface area contributed by atoms with Gasteiger partial charge in [-0.25, -0.2) is 0 Å². The summed E-state index contributed by atoms with van der Waals surface area (Å²) >= 11 is 0. The standard InChI is InChI=1S/C15H18N2O/c16-10-14(9-12-5-2-1-3-6-12)15(18)17-11-13-7-4-8-13/h1-3,5-6,13-14H,4,7-9,11H2,(H,17,18). The van der Waals surface area contributed by atoms with Crippen LogP contribution < -0.4 is 5.32 Å². The molecule has 0 heterocycles. The van der Waals surface area contributed by atoms with E-state index in [1.54, 1.807) is 0 Å². The quantitative estimate of drug-likeness (QED) is 0.861. The molecular weight excluding hydrogens is 224 g/mol. The minimum Gasteiger partial charge on any atom is -0.355 e. The predicted molar refractivity (Wildman–Crippen MR) is 69.6 cm³/mol. The van der Waals surface area contributed by atoms with Gasteiger partial charge in [-0.1, -0.05) is 36.8 Å². The van der Waals surface area contributed by atoms with Gasteiger partial charge in [0.1, 0.15) is 5.92 Å². The topological polar surface area (TPSA) is 52.9 Å². The Bertz CT molecular complexity index is 432. The van der Waals surface area contributed by atoms with Gasteiger partial charge in [0.25, 0.3) is 0 Å². The Morgan fingerprint density at radius 3 is 2.67 bits per heavy atom. The molecule has 1 atom stereocenters. The maximum atomic E-state index is 11.9. The Hall–Kier alpha value is -1.82. The van der Waals surface area contributed by atoms with Gasteiger partial charge in [-0.3, -0.25) is 4.79 Å².